The van der Waals surface area contributed by atoms with Crippen molar-refractivity contribution in [3.05, 3.63) is 212 Å². The van der Waals surface area contributed by atoms with Crippen molar-refractivity contribution in [2.24, 2.45) is 0 Å². The molecular weight excluding hydrogens is 695 g/mol. The molecule has 270 valence electrons. The van der Waals surface area contributed by atoms with Crippen LogP contribution in [0.15, 0.2) is 200 Å². The van der Waals surface area contributed by atoms with Gasteiger partial charge in [0.2, 0.25) is 0 Å². The van der Waals surface area contributed by atoms with Crippen LogP contribution >= 0.6 is 0 Å². The highest BCUT2D eigenvalue weighted by molar-refractivity contribution is 6.23. The summed E-state index contributed by atoms with van der Waals surface area (Å²) in [5.41, 5.74) is 13.8. The first-order valence-corrected chi connectivity index (χ1v) is 19.4. The lowest BCUT2D eigenvalue weighted by atomic mass is 9.99. The van der Waals surface area contributed by atoms with Crippen LogP contribution in [-0.4, -0.2) is 31.0 Å². The van der Waals surface area contributed by atoms with Crippen LogP contribution in [-0.2, 0) is 0 Å². The number of rotatable bonds is 6. The minimum absolute atomic E-state index is 0.137. The van der Waals surface area contributed by atoms with E-state index in [0.717, 1.165) is 56.2 Å². The minimum atomic E-state index is 0.137. The minimum Gasteiger partial charge on any atom is -0.369 e. The zero-order chi connectivity index (χ0) is 37.9. The molecule has 0 N–H and O–H groups in total. The van der Waals surface area contributed by atoms with Crippen molar-refractivity contribution in [2.45, 2.75) is 6.04 Å². The second-order valence-corrected chi connectivity index (χ2v) is 14.8. The first-order valence-electron chi connectivity index (χ1n) is 19.4. The van der Waals surface area contributed by atoms with Gasteiger partial charge in [0.05, 0.1) is 50.9 Å². The van der Waals surface area contributed by atoms with Gasteiger partial charge in [0.15, 0.2) is 0 Å². The summed E-state index contributed by atoms with van der Waals surface area (Å²) < 4.78 is 4.89. The number of aromatic nitrogens is 4. The van der Waals surface area contributed by atoms with E-state index in [4.69, 9.17) is 9.97 Å². The molecule has 10 aromatic rings. The Morgan fingerprint density at radius 1 is 0.474 bits per heavy atom. The van der Waals surface area contributed by atoms with E-state index in [1.165, 1.54) is 38.1 Å². The van der Waals surface area contributed by atoms with Gasteiger partial charge in [-0.15, -0.1) is 0 Å². The van der Waals surface area contributed by atoms with Crippen LogP contribution < -0.4 is 0 Å². The molecule has 0 saturated heterocycles. The molecule has 0 spiro atoms. The van der Waals surface area contributed by atoms with Crippen molar-refractivity contribution in [1.82, 2.24) is 24.0 Å². The molecule has 5 nitrogen and oxygen atoms in total. The van der Waals surface area contributed by atoms with E-state index in [2.05, 4.69) is 197 Å². The number of pyridine rings is 2. The Labute approximate surface area is 330 Å². The lowest BCUT2D eigenvalue weighted by molar-refractivity contribution is 0.392. The second kappa shape index (κ2) is 13.4. The van der Waals surface area contributed by atoms with Crippen LogP contribution in [0.3, 0.4) is 0 Å². The van der Waals surface area contributed by atoms with Crippen LogP contribution in [0.1, 0.15) is 17.3 Å². The van der Waals surface area contributed by atoms with Crippen molar-refractivity contribution in [3.63, 3.8) is 0 Å². The predicted octanol–water partition coefficient (Wildman–Crippen LogP) is 12.6. The fourth-order valence-corrected chi connectivity index (χ4v) is 8.70. The summed E-state index contributed by atoms with van der Waals surface area (Å²) in [6.45, 7) is 0. The summed E-state index contributed by atoms with van der Waals surface area (Å²) in [6.07, 6.45) is 8.68. The van der Waals surface area contributed by atoms with Gasteiger partial charge in [-0.1, -0.05) is 140 Å². The molecule has 0 saturated carbocycles. The SMILES string of the molecule is CN1C=C(c2cc(-n3c4ccccc4c4ccc5c6ccccc6n(-c6ccccc6)c5c43)cc(-c3ccc(-c4ccccc4)nc3)n2)C=CC1c1ccccc1. The maximum atomic E-state index is 5.39. The van der Waals surface area contributed by atoms with E-state index in [-0.39, 0.29) is 6.04 Å². The van der Waals surface area contributed by atoms with Gasteiger partial charge in [0.1, 0.15) is 0 Å². The molecule has 0 aliphatic carbocycles. The van der Waals surface area contributed by atoms with Crippen LogP contribution in [0.25, 0.3) is 83.1 Å². The Morgan fingerprint density at radius 3 is 1.68 bits per heavy atom. The van der Waals surface area contributed by atoms with Gasteiger partial charge in [-0.25, -0.2) is 4.98 Å². The van der Waals surface area contributed by atoms with Gasteiger partial charge >= 0.3 is 0 Å². The molecule has 1 aliphatic heterocycles. The predicted molar refractivity (Wildman–Crippen MR) is 236 cm³/mol. The van der Waals surface area contributed by atoms with Crippen molar-refractivity contribution >= 4 is 49.2 Å². The van der Waals surface area contributed by atoms with E-state index >= 15 is 0 Å². The zero-order valence-electron chi connectivity index (χ0n) is 31.4. The lowest BCUT2D eigenvalue weighted by Gasteiger charge is -2.29. The topological polar surface area (TPSA) is 38.9 Å². The summed E-state index contributed by atoms with van der Waals surface area (Å²) >= 11 is 0. The standard InChI is InChI=1S/C52H37N5/c1-55-34-38(26-30-48(55)36-17-7-3-8-18-36)47-32-40(31-46(54-47)37-25-29-45(53-33-37)35-15-5-2-6-16-35)57-50-24-14-12-22-42(50)44-28-27-43-41-21-11-13-23-49(41)56(51(43)52(44)57)39-19-9-4-10-20-39/h2-34,48H,1H3. The van der Waals surface area contributed by atoms with E-state index in [9.17, 15) is 0 Å². The number of benzene rings is 6. The highest BCUT2D eigenvalue weighted by Crippen LogP contribution is 2.42. The Kier molecular flexibility index (Phi) is 7.71. The first-order chi connectivity index (χ1) is 28.2. The molecule has 1 aliphatic rings. The quantitative estimate of drug-likeness (QED) is 0.171. The van der Waals surface area contributed by atoms with Crippen LogP contribution in [0, 0.1) is 0 Å². The third-order valence-electron chi connectivity index (χ3n) is 11.4. The lowest BCUT2D eigenvalue weighted by Crippen LogP contribution is -2.20. The summed E-state index contributed by atoms with van der Waals surface area (Å²) in [5.74, 6) is 0. The molecular formula is C52H37N5. The molecule has 0 bridgehead atoms. The van der Waals surface area contributed by atoms with E-state index in [0.29, 0.717) is 0 Å². The Bertz CT molecular complexity index is 3170. The molecule has 0 radical (unpaired) electrons. The smallest absolute Gasteiger partial charge is 0.0788 e. The normalized spacial score (nSPS) is 14.2. The van der Waals surface area contributed by atoms with Gasteiger partial charge in [-0.2, -0.15) is 0 Å². The molecule has 4 aromatic heterocycles. The third-order valence-corrected chi connectivity index (χ3v) is 11.4. The molecule has 0 amide bonds. The van der Waals surface area contributed by atoms with Crippen molar-refractivity contribution < 1.29 is 0 Å². The van der Waals surface area contributed by atoms with Gasteiger partial charge in [-0.05, 0) is 54.1 Å². The molecule has 5 heteroatoms. The van der Waals surface area contributed by atoms with E-state index in [1.807, 2.05) is 24.4 Å². The molecule has 6 aromatic carbocycles. The number of nitrogens with zero attached hydrogens (tertiary/aromatic N) is 5. The summed E-state index contributed by atoms with van der Waals surface area (Å²) in [6, 6.07) is 62.7. The van der Waals surface area contributed by atoms with E-state index in [1.54, 1.807) is 0 Å². The highest BCUT2D eigenvalue weighted by atomic mass is 15.1. The number of hydrogen-bond donors (Lipinski definition) is 0. The average molecular weight is 732 g/mol. The molecule has 57 heavy (non-hydrogen) atoms. The number of para-hydroxylation sites is 3. The number of likely N-dealkylation sites (N-methyl/N-ethyl adjacent to an activating group) is 1. The summed E-state index contributed by atoms with van der Waals surface area (Å²) in [4.78, 5) is 12.6. The molecule has 1 atom stereocenters. The fraction of sp³-hybridized carbons (Fsp3) is 0.0385. The number of allylic oxidation sites excluding steroid dienone is 2. The highest BCUT2D eigenvalue weighted by Gasteiger charge is 2.23. The van der Waals surface area contributed by atoms with Gasteiger partial charge < -0.3 is 14.0 Å². The first kappa shape index (κ1) is 32.9. The average Bonchev–Trinajstić information content (AvgIpc) is 3.80. The van der Waals surface area contributed by atoms with Crippen LogP contribution in [0.2, 0.25) is 0 Å². The van der Waals surface area contributed by atoms with E-state index < -0.39 is 0 Å². The maximum Gasteiger partial charge on any atom is 0.0788 e. The Balaban J connectivity index is 1.18. The monoisotopic (exact) mass is 731 g/mol. The second-order valence-electron chi connectivity index (χ2n) is 14.8. The zero-order valence-corrected chi connectivity index (χ0v) is 31.4. The van der Waals surface area contributed by atoms with Crippen LogP contribution in [0.5, 0.6) is 0 Å². The Morgan fingerprint density at radius 2 is 1.05 bits per heavy atom. The maximum absolute atomic E-state index is 5.39. The fourth-order valence-electron chi connectivity index (χ4n) is 8.70. The molecule has 0 fully saturated rings. The summed E-state index contributed by atoms with van der Waals surface area (Å²) in [7, 11) is 2.14. The molecule has 5 heterocycles. The van der Waals surface area contributed by atoms with Crippen molar-refractivity contribution in [2.75, 3.05) is 7.05 Å². The number of fused-ring (bicyclic) bond motifs is 7. The Hall–Kier alpha value is -7.50. The molecule has 1 unspecified atom stereocenters. The van der Waals surface area contributed by atoms with Gasteiger partial charge in [0.25, 0.3) is 0 Å². The third kappa shape index (κ3) is 5.47. The largest absolute Gasteiger partial charge is 0.369 e. The summed E-state index contributed by atoms with van der Waals surface area (Å²) in [5, 5.41) is 4.85. The van der Waals surface area contributed by atoms with Gasteiger partial charge in [-0.3, -0.25) is 4.98 Å². The van der Waals surface area contributed by atoms with Crippen molar-refractivity contribution in [1.29, 1.82) is 0 Å². The number of hydrogen-bond acceptors (Lipinski definition) is 3. The molecule has 11 rings (SSSR count). The van der Waals surface area contributed by atoms with Crippen molar-refractivity contribution in [3.8, 4) is 33.9 Å². The van der Waals surface area contributed by atoms with Gasteiger partial charge in [0, 0.05) is 63.4 Å². The van der Waals surface area contributed by atoms with Crippen LogP contribution in [0.4, 0.5) is 0 Å².